The summed E-state index contributed by atoms with van der Waals surface area (Å²) in [4.78, 5) is 17.6. The Morgan fingerprint density at radius 1 is 0.952 bits per heavy atom. The van der Waals surface area contributed by atoms with Crippen LogP contribution in [0.3, 0.4) is 0 Å². The second kappa shape index (κ2) is 5.01. The second-order valence-corrected chi connectivity index (χ2v) is 4.99. The first kappa shape index (κ1) is 12.1. The number of aromatic amines is 1. The summed E-state index contributed by atoms with van der Waals surface area (Å²) in [5.74, 6) is 1.99. The van der Waals surface area contributed by atoms with Gasteiger partial charge in [0.1, 0.15) is 18.0 Å². The summed E-state index contributed by atoms with van der Waals surface area (Å²) in [6, 6.07) is 6.01. The van der Waals surface area contributed by atoms with E-state index < -0.39 is 0 Å². The molecule has 4 rings (SSSR count). The van der Waals surface area contributed by atoms with E-state index in [9.17, 15) is 0 Å². The number of anilines is 2. The van der Waals surface area contributed by atoms with Crippen molar-refractivity contribution in [2.45, 2.75) is 0 Å². The van der Waals surface area contributed by atoms with Gasteiger partial charge >= 0.3 is 0 Å². The molecule has 0 atom stereocenters. The Labute approximate surface area is 121 Å². The van der Waals surface area contributed by atoms with Crippen molar-refractivity contribution < 1.29 is 0 Å². The molecular weight excluding hydrogens is 266 g/mol. The Bertz CT molecular complexity index is 731. The third-order valence-electron chi connectivity index (χ3n) is 3.78. The van der Waals surface area contributed by atoms with Gasteiger partial charge in [-0.25, -0.2) is 15.0 Å². The number of hydrogen-bond donors (Lipinski definition) is 1. The minimum Gasteiger partial charge on any atom is -0.353 e. The molecule has 0 unspecified atom stereocenters. The van der Waals surface area contributed by atoms with Gasteiger partial charge in [0.25, 0.3) is 0 Å². The maximum atomic E-state index is 4.42. The molecule has 7 heteroatoms. The smallest absolute Gasteiger partial charge is 0.160 e. The summed E-state index contributed by atoms with van der Waals surface area (Å²) in [7, 11) is 0. The standard InChI is InChI=1S/C14H15N7/c1-2-4-15-12(3-1)20-5-7-21(8-6-20)14-11-9-18-19-13(11)16-10-17-14/h1-4,9-10H,5-8H2,(H,16,17,18,19). The number of nitrogens with one attached hydrogen (secondary N) is 1. The molecular formula is C14H15N7. The summed E-state index contributed by atoms with van der Waals surface area (Å²) >= 11 is 0. The molecule has 3 aromatic rings. The zero-order valence-electron chi connectivity index (χ0n) is 11.5. The number of pyridine rings is 1. The van der Waals surface area contributed by atoms with Crippen LogP contribution < -0.4 is 9.80 Å². The van der Waals surface area contributed by atoms with Gasteiger partial charge < -0.3 is 9.80 Å². The predicted molar refractivity (Wildman–Crippen MR) is 80.3 cm³/mol. The van der Waals surface area contributed by atoms with Gasteiger partial charge in [0.2, 0.25) is 0 Å². The lowest BCUT2D eigenvalue weighted by atomic mass is 10.2. The molecule has 0 aliphatic carbocycles. The molecule has 0 aromatic carbocycles. The van der Waals surface area contributed by atoms with Crippen LogP contribution in [0.4, 0.5) is 11.6 Å². The van der Waals surface area contributed by atoms with Crippen LogP contribution in [-0.4, -0.2) is 51.3 Å². The Morgan fingerprint density at radius 3 is 2.62 bits per heavy atom. The third kappa shape index (κ3) is 2.16. The maximum absolute atomic E-state index is 4.42. The van der Waals surface area contributed by atoms with Crippen molar-refractivity contribution in [3.63, 3.8) is 0 Å². The monoisotopic (exact) mass is 281 g/mol. The summed E-state index contributed by atoms with van der Waals surface area (Å²) in [6.07, 6.45) is 5.21. The van der Waals surface area contributed by atoms with Crippen LogP contribution >= 0.6 is 0 Å². The van der Waals surface area contributed by atoms with E-state index >= 15 is 0 Å². The van der Waals surface area contributed by atoms with Crippen LogP contribution in [0.25, 0.3) is 11.0 Å². The number of hydrogen-bond acceptors (Lipinski definition) is 6. The van der Waals surface area contributed by atoms with Gasteiger partial charge in [0.15, 0.2) is 5.65 Å². The van der Waals surface area contributed by atoms with Crippen LogP contribution in [0.2, 0.25) is 0 Å². The van der Waals surface area contributed by atoms with Gasteiger partial charge in [-0.1, -0.05) is 6.07 Å². The Balaban J connectivity index is 1.54. The highest BCUT2D eigenvalue weighted by Crippen LogP contribution is 2.23. The van der Waals surface area contributed by atoms with Crippen molar-refractivity contribution in [1.82, 2.24) is 25.1 Å². The van der Waals surface area contributed by atoms with Gasteiger partial charge in [-0.15, -0.1) is 0 Å². The maximum Gasteiger partial charge on any atom is 0.160 e. The highest BCUT2D eigenvalue weighted by atomic mass is 15.3. The second-order valence-electron chi connectivity index (χ2n) is 4.99. The Morgan fingerprint density at radius 2 is 1.81 bits per heavy atom. The molecule has 3 aromatic heterocycles. The van der Waals surface area contributed by atoms with Crippen molar-refractivity contribution >= 4 is 22.7 Å². The van der Waals surface area contributed by atoms with Crippen molar-refractivity contribution in [3.05, 3.63) is 36.9 Å². The summed E-state index contributed by atoms with van der Waals surface area (Å²) in [5, 5.41) is 7.91. The molecule has 7 nitrogen and oxygen atoms in total. The Hall–Kier alpha value is -2.70. The zero-order chi connectivity index (χ0) is 14.1. The normalized spacial score (nSPS) is 15.6. The minimum absolute atomic E-state index is 0.784. The van der Waals surface area contributed by atoms with Gasteiger partial charge in [0, 0.05) is 32.4 Å². The van der Waals surface area contributed by atoms with E-state index in [0.717, 1.165) is 48.8 Å². The minimum atomic E-state index is 0.784. The Kier molecular flexibility index (Phi) is 2.88. The van der Waals surface area contributed by atoms with E-state index in [1.807, 2.05) is 18.3 Å². The summed E-state index contributed by atoms with van der Waals surface area (Å²) in [5.41, 5.74) is 0.784. The van der Waals surface area contributed by atoms with Gasteiger partial charge in [0.05, 0.1) is 11.6 Å². The number of H-pyrrole nitrogens is 1. The van der Waals surface area contributed by atoms with E-state index in [0.29, 0.717) is 0 Å². The van der Waals surface area contributed by atoms with E-state index in [1.165, 1.54) is 0 Å². The van der Waals surface area contributed by atoms with Crippen molar-refractivity contribution in [2.24, 2.45) is 0 Å². The van der Waals surface area contributed by atoms with Crippen molar-refractivity contribution in [3.8, 4) is 0 Å². The topological polar surface area (TPSA) is 73.8 Å². The quantitative estimate of drug-likeness (QED) is 0.757. The van der Waals surface area contributed by atoms with E-state index in [1.54, 1.807) is 12.5 Å². The van der Waals surface area contributed by atoms with Crippen molar-refractivity contribution in [2.75, 3.05) is 36.0 Å². The number of fused-ring (bicyclic) bond motifs is 1. The number of nitrogens with zero attached hydrogens (tertiary/aromatic N) is 6. The fourth-order valence-electron chi connectivity index (χ4n) is 2.69. The molecule has 0 bridgehead atoms. The van der Waals surface area contributed by atoms with E-state index in [2.05, 4.69) is 41.0 Å². The van der Waals surface area contributed by atoms with E-state index in [4.69, 9.17) is 0 Å². The first-order valence-corrected chi connectivity index (χ1v) is 6.97. The first-order chi connectivity index (χ1) is 10.4. The molecule has 106 valence electrons. The fourth-order valence-corrected chi connectivity index (χ4v) is 2.69. The highest BCUT2D eigenvalue weighted by molar-refractivity contribution is 5.86. The SMILES string of the molecule is c1ccc(N2CCN(c3ncnc4[nH]ncc34)CC2)nc1. The third-order valence-corrected chi connectivity index (χ3v) is 3.78. The molecule has 1 N–H and O–H groups in total. The molecule has 1 fully saturated rings. The van der Waals surface area contributed by atoms with Crippen LogP contribution in [0.15, 0.2) is 36.9 Å². The van der Waals surface area contributed by atoms with Gasteiger partial charge in [-0.05, 0) is 12.1 Å². The summed E-state index contributed by atoms with van der Waals surface area (Å²) < 4.78 is 0. The molecule has 0 amide bonds. The van der Waals surface area contributed by atoms with Crippen LogP contribution in [-0.2, 0) is 0 Å². The van der Waals surface area contributed by atoms with Crippen LogP contribution in [0, 0.1) is 0 Å². The average Bonchev–Trinajstić information content (AvgIpc) is 3.04. The lowest BCUT2D eigenvalue weighted by Crippen LogP contribution is -2.47. The van der Waals surface area contributed by atoms with Crippen LogP contribution in [0.1, 0.15) is 0 Å². The lowest BCUT2D eigenvalue weighted by molar-refractivity contribution is 0.643. The zero-order valence-corrected chi connectivity index (χ0v) is 11.5. The van der Waals surface area contributed by atoms with Gasteiger partial charge in [-0.2, -0.15) is 5.10 Å². The average molecular weight is 281 g/mol. The first-order valence-electron chi connectivity index (χ1n) is 6.97. The molecule has 1 saturated heterocycles. The van der Waals surface area contributed by atoms with Gasteiger partial charge in [-0.3, -0.25) is 5.10 Å². The molecule has 21 heavy (non-hydrogen) atoms. The van der Waals surface area contributed by atoms with Crippen molar-refractivity contribution in [1.29, 1.82) is 0 Å². The van der Waals surface area contributed by atoms with E-state index in [-0.39, 0.29) is 0 Å². The summed E-state index contributed by atoms with van der Waals surface area (Å²) in [6.45, 7) is 3.68. The number of piperazine rings is 1. The molecule has 0 spiro atoms. The molecule has 1 aliphatic heterocycles. The molecule has 0 saturated carbocycles. The highest BCUT2D eigenvalue weighted by Gasteiger charge is 2.20. The molecule has 1 aliphatic rings. The molecule has 4 heterocycles. The lowest BCUT2D eigenvalue weighted by Gasteiger charge is -2.36. The number of aromatic nitrogens is 5. The predicted octanol–water partition coefficient (Wildman–Crippen LogP) is 1.07. The molecule has 0 radical (unpaired) electrons. The fraction of sp³-hybridized carbons (Fsp3) is 0.286. The number of rotatable bonds is 2. The van der Waals surface area contributed by atoms with Crippen LogP contribution in [0.5, 0.6) is 0 Å². The largest absolute Gasteiger partial charge is 0.353 e.